The highest BCUT2D eigenvalue weighted by Gasteiger charge is 2.15. The third kappa shape index (κ3) is 1.12. The molecule has 0 aromatic heterocycles. The molecule has 12 heavy (non-hydrogen) atoms. The molecular formula is C10H12FN. The van der Waals surface area contributed by atoms with Crippen molar-refractivity contribution < 1.29 is 4.39 Å². The third-order valence-electron chi connectivity index (χ3n) is 2.49. The fourth-order valence-corrected chi connectivity index (χ4v) is 1.94. The molecule has 0 atom stereocenters. The molecule has 1 aliphatic carbocycles. The second-order valence-corrected chi connectivity index (χ2v) is 3.26. The zero-order valence-corrected chi connectivity index (χ0v) is 6.94. The minimum atomic E-state index is -0.142. The first-order valence-corrected chi connectivity index (χ1v) is 4.31. The minimum Gasteiger partial charge on any atom is -0.326 e. The van der Waals surface area contributed by atoms with Gasteiger partial charge in [0.2, 0.25) is 0 Å². The summed E-state index contributed by atoms with van der Waals surface area (Å²) >= 11 is 0. The first-order chi connectivity index (χ1) is 5.81. The smallest absolute Gasteiger partial charge is 0.123 e. The van der Waals surface area contributed by atoms with E-state index in [2.05, 4.69) is 0 Å². The first-order valence-electron chi connectivity index (χ1n) is 4.31. The van der Waals surface area contributed by atoms with Crippen molar-refractivity contribution >= 4 is 0 Å². The average Bonchev–Trinajstić information content (AvgIpc) is 2.50. The van der Waals surface area contributed by atoms with E-state index in [1.54, 1.807) is 12.1 Å². The predicted molar refractivity (Wildman–Crippen MR) is 46.3 cm³/mol. The molecule has 0 spiro atoms. The molecule has 1 aromatic carbocycles. The summed E-state index contributed by atoms with van der Waals surface area (Å²) in [6.45, 7) is 0.458. The van der Waals surface area contributed by atoms with Crippen molar-refractivity contribution in [3.63, 3.8) is 0 Å². The van der Waals surface area contributed by atoms with E-state index in [0.717, 1.165) is 30.4 Å². The SMILES string of the molecule is NCc1cc(F)cc2c1CCC2. The normalized spacial score (nSPS) is 14.8. The van der Waals surface area contributed by atoms with Crippen LogP contribution in [0.1, 0.15) is 23.1 Å². The lowest BCUT2D eigenvalue weighted by atomic mass is 10.0. The maximum absolute atomic E-state index is 13.0. The Balaban J connectivity index is 2.55. The van der Waals surface area contributed by atoms with E-state index in [-0.39, 0.29) is 5.82 Å². The molecule has 2 N–H and O–H groups in total. The van der Waals surface area contributed by atoms with Gasteiger partial charge in [-0.1, -0.05) is 0 Å². The van der Waals surface area contributed by atoms with Crippen LogP contribution < -0.4 is 5.73 Å². The number of aryl methyl sites for hydroxylation is 1. The van der Waals surface area contributed by atoms with Gasteiger partial charge in [-0.25, -0.2) is 4.39 Å². The summed E-state index contributed by atoms with van der Waals surface area (Å²) in [7, 11) is 0. The van der Waals surface area contributed by atoms with E-state index >= 15 is 0 Å². The second-order valence-electron chi connectivity index (χ2n) is 3.26. The van der Waals surface area contributed by atoms with Crippen LogP contribution in [-0.4, -0.2) is 0 Å². The molecule has 0 unspecified atom stereocenters. The molecular weight excluding hydrogens is 153 g/mol. The van der Waals surface area contributed by atoms with Crippen molar-refractivity contribution in [1.82, 2.24) is 0 Å². The fourth-order valence-electron chi connectivity index (χ4n) is 1.94. The Labute approximate surface area is 71.4 Å². The van der Waals surface area contributed by atoms with Gasteiger partial charge < -0.3 is 5.73 Å². The van der Waals surface area contributed by atoms with Crippen LogP contribution in [0.4, 0.5) is 4.39 Å². The van der Waals surface area contributed by atoms with Gasteiger partial charge in [0, 0.05) is 6.54 Å². The molecule has 64 valence electrons. The number of halogens is 1. The molecule has 1 aliphatic rings. The van der Waals surface area contributed by atoms with Crippen molar-refractivity contribution in [2.45, 2.75) is 25.8 Å². The standard InChI is InChI=1S/C10H12FN/c11-9-4-7-2-1-3-10(7)8(5-9)6-12/h4-5H,1-3,6,12H2. The summed E-state index contributed by atoms with van der Waals surface area (Å²) < 4.78 is 13.0. The quantitative estimate of drug-likeness (QED) is 0.674. The summed E-state index contributed by atoms with van der Waals surface area (Å²) in [5.41, 5.74) is 8.97. The maximum Gasteiger partial charge on any atom is 0.123 e. The van der Waals surface area contributed by atoms with E-state index in [9.17, 15) is 4.39 Å². The summed E-state index contributed by atoms with van der Waals surface area (Å²) in [5, 5.41) is 0. The van der Waals surface area contributed by atoms with Crippen LogP contribution in [0.2, 0.25) is 0 Å². The zero-order chi connectivity index (χ0) is 8.55. The monoisotopic (exact) mass is 165 g/mol. The van der Waals surface area contributed by atoms with Gasteiger partial charge in [-0.05, 0) is 48.1 Å². The van der Waals surface area contributed by atoms with Gasteiger partial charge in [0.05, 0.1) is 0 Å². The zero-order valence-electron chi connectivity index (χ0n) is 6.94. The molecule has 0 saturated heterocycles. The van der Waals surface area contributed by atoms with E-state index in [4.69, 9.17) is 5.73 Å². The van der Waals surface area contributed by atoms with E-state index < -0.39 is 0 Å². The van der Waals surface area contributed by atoms with Crippen LogP contribution in [0, 0.1) is 5.82 Å². The molecule has 0 heterocycles. The van der Waals surface area contributed by atoms with Crippen LogP contribution in [-0.2, 0) is 19.4 Å². The molecule has 1 nitrogen and oxygen atoms in total. The van der Waals surface area contributed by atoms with Crippen molar-refractivity contribution in [2.75, 3.05) is 0 Å². The molecule has 0 radical (unpaired) electrons. The molecule has 2 heteroatoms. The van der Waals surface area contributed by atoms with Crippen LogP contribution in [0.5, 0.6) is 0 Å². The van der Waals surface area contributed by atoms with E-state index in [0.29, 0.717) is 6.54 Å². The highest BCUT2D eigenvalue weighted by atomic mass is 19.1. The van der Waals surface area contributed by atoms with Gasteiger partial charge in [-0.3, -0.25) is 0 Å². The highest BCUT2D eigenvalue weighted by Crippen LogP contribution is 2.26. The van der Waals surface area contributed by atoms with Crippen LogP contribution in [0.3, 0.4) is 0 Å². The Morgan fingerprint density at radius 1 is 1.33 bits per heavy atom. The van der Waals surface area contributed by atoms with Gasteiger partial charge in [-0.2, -0.15) is 0 Å². The Kier molecular flexibility index (Phi) is 1.85. The van der Waals surface area contributed by atoms with Gasteiger partial charge in [-0.15, -0.1) is 0 Å². The topological polar surface area (TPSA) is 26.0 Å². The highest BCUT2D eigenvalue weighted by molar-refractivity contribution is 5.38. The lowest BCUT2D eigenvalue weighted by Crippen LogP contribution is -2.02. The average molecular weight is 165 g/mol. The van der Waals surface area contributed by atoms with Crippen LogP contribution >= 0.6 is 0 Å². The van der Waals surface area contributed by atoms with Crippen molar-refractivity contribution in [3.8, 4) is 0 Å². The number of hydrogen-bond donors (Lipinski definition) is 1. The van der Waals surface area contributed by atoms with Gasteiger partial charge in [0.15, 0.2) is 0 Å². The summed E-state index contributed by atoms with van der Waals surface area (Å²) in [4.78, 5) is 0. The van der Waals surface area contributed by atoms with Gasteiger partial charge in [0.1, 0.15) is 5.82 Å². The Bertz CT molecular complexity index is 307. The van der Waals surface area contributed by atoms with Crippen molar-refractivity contribution in [3.05, 3.63) is 34.6 Å². The summed E-state index contributed by atoms with van der Waals surface area (Å²) in [6.07, 6.45) is 3.23. The fraction of sp³-hybridized carbons (Fsp3) is 0.400. The number of benzene rings is 1. The molecule has 2 rings (SSSR count). The minimum absolute atomic E-state index is 0.142. The van der Waals surface area contributed by atoms with E-state index in [1.807, 2.05) is 0 Å². The third-order valence-corrected chi connectivity index (χ3v) is 2.49. The van der Waals surface area contributed by atoms with Crippen molar-refractivity contribution in [2.24, 2.45) is 5.73 Å². The second kappa shape index (κ2) is 2.87. The Hall–Kier alpha value is -0.890. The number of hydrogen-bond acceptors (Lipinski definition) is 1. The first kappa shape index (κ1) is 7.74. The van der Waals surface area contributed by atoms with Crippen molar-refractivity contribution in [1.29, 1.82) is 0 Å². The summed E-state index contributed by atoms with van der Waals surface area (Å²) in [5.74, 6) is -0.142. The molecule has 0 amide bonds. The Morgan fingerprint density at radius 2 is 2.17 bits per heavy atom. The lowest BCUT2D eigenvalue weighted by Gasteiger charge is -2.05. The molecule has 0 aliphatic heterocycles. The van der Waals surface area contributed by atoms with Gasteiger partial charge in [0.25, 0.3) is 0 Å². The molecule has 0 saturated carbocycles. The lowest BCUT2D eigenvalue weighted by molar-refractivity contribution is 0.623. The largest absolute Gasteiger partial charge is 0.326 e. The van der Waals surface area contributed by atoms with E-state index in [1.165, 1.54) is 5.56 Å². The molecule has 0 bridgehead atoms. The maximum atomic E-state index is 13.0. The van der Waals surface area contributed by atoms with Crippen LogP contribution in [0.15, 0.2) is 12.1 Å². The van der Waals surface area contributed by atoms with Crippen LogP contribution in [0.25, 0.3) is 0 Å². The van der Waals surface area contributed by atoms with Gasteiger partial charge >= 0.3 is 0 Å². The predicted octanol–water partition coefficient (Wildman–Crippen LogP) is 1.77. The Morgan fingerprint density at radius 3 is 2.92 bits per heavy atom. The number of nitrogens with two attached hydrogens (primary N) is 1. The molecule has 0 fully saturated rings. The number of rotatable bonds is 1. The summed E-state index contributed by atoms with van der Waals surface area (Å²) in [6, 6.07) is 3.20. The number of fused-ring (bicyclic) bond motifs is 1. The molecule has 1 aromatic rings.